The van der Waals surface area contributed by atoms with Gasteiger partial charge < -0.3 is 10.2 Å². The van der Waals surface area contributed by atoms with Gasteiger partial charge in [0.25, 0.3) is 11.8 Å². The number of nitrogens with one attached hydrogen (secondary N) is 1. The van der Waals surface area contributed by atoms with Crippen LogP contribution in [0.4, 0.5) is 0 Å². The lowest BCUT2D eigenvalue weighted by Gasteiger charge is -2.12. The topological polar surface area (TPSA) is 92.8 Å². The van der Waals surface area contributed by atoms with E-state index in [0.717, 1.165) is 12.8 Å². The Morgan fingerprint density at radius 3 is 2.50 bits per heavy atom. The Balaban J connectivity index is 2.12. The zero-order valence-corrected chi connectivity index (χ0v) is 10.0. The molecule has 18 heavy (non-hydrogen) atoms. The van der Waals surface area contributed by atoms with Gasteiger partial charge in [0.15, 0.2) is 0 Å². The van der Waals surface area contributed by atoms with Crippen molar-refractivity contribution in [2.24, 2.45) is 0 Å². The second-order valence-corrected chi connectivity index (χ2v) is 3.93. The Morgan fingerprint density at radius 2 is 1.89 bits per heavy atom. The number of hydrogen-bond acceptors (Lipinski definition) is 5. The van der Waals surface area contributed by atoms with Crippen LogP contribution in [0.25, 0.3) is 0 Å². The van der Waals surface area contributed by atoms with E-state index in [1.54, 1.807) is 0 Å². The van der Waals surface area contributed by atoms with Crippen LogP contribution in [0.15, 0.2) is 0 Å². The van der Waals surface area contributed by atoms with Gasteiger partial charge in [-0.05, 0) is 12.8 Å². The lowest BCUT2D eigenvalue weighted by Crippen LogP contribution is -2.31. The van der Waals surface area contributed by atoms with Crippen molar-refractivity contribution in [3.63, 3.8) is 0 Å². The number of nitrogens with zero attached hydrogens (tertiary/aromatic N) is 1. The molecule has 0 unspecified atom stereocenters. The van der Waals surface area contributed by atoms with E-state index >= 15 is 0 Å². The average molecular weight is 256 g/mol. The molecule has 7 nitrogen and oxygen atoms in total. The van der Waals surface area contributed by atoms with Gasteiger partial charge in [0, 0.05) is 25.8 Å². The van der Waals surface area contributed by atoms with E-state index in [0.29, 0.717) is 24.4 Å². The third-order valence-electron chi connectivity index (χ3n) is 2.48. The molecule has 1 saturated heterocycles. The van der Waals surface area contributed by atoms with Crippen molar-refractivity contribution in [2.75, 3.05) is 6.54 Å². The molecule has 1 rings (SSSR count). The highest BCUT2D eigenvalue weighted by Crippen LogP contribution is 2.13. The van der Waals surface area contributed by atoms with Crippen LogP contribution >= 0.6 is 0 Å². The molecule has 1 aliphatic rings. The average Bonchev–Trinajstić information content (AvgIpc) is 2.65. The van der Waals surface area contributed by atoms with Crippen molar-refractivity contribution in [3.8, 4) is 0 Å². The van der Waals surface area contributed by atoms with Crippen molar-refractivity contribution < 1.29 is 24.0 Å². The largest absolute Gasteiger partial charge is 0.359 e. The summed E-state index contributed by atoms with van der Waals surface area (Å²) in [5, 5.41) is 3.06. The lowest BCUT2D eigenvalue weighted by molar-refractivity contribution is -0.197. The van der Waals surface area contributed by atoms with Crippen LogP contribution in [0.1, 0.15) is 38.5 Å². The Hall–Kier alpha value is -1.92. The van der Waals surface area contributed by atoms with Crippen LogP contribution in [0.2, 0.25) is 0 Å². The number of carbonyl (C=O) groups is 4. The first-order valence-corrected chi connectivity index (χ1v) is 5.88. The molecule has 0 atom stereocenters. The van der Waals surface area contributed by atoms with E-state index in [-0.39, 0.29) is 19.3 Å². The molecule has 0 saturated carbocycles. The van der Waals surface area contributed by atoms with Gasteiger partial charge >= 0.3 is 5.97 Å². The number of hydrogen-bond donors (Lipinski definition) is 1. The van der Waals surface area contributed by atoms with Crippen molar-refractivity contribution in [2.45, 2.75) is 38.5 Å². The molecular weight excluding hydrogens is 240 g/mol. The maximum absolute atomic E-state index is 11.3. The molecule has 1 N–H and O–H groups in total. The summed E-state index contributed by atoms with van der Waals surface area (Å²) < 4.78 is 0. The van der Waals surface area contributed by atoms with Gasteiger partial charge in [0.2, 0.25) is 6.41 Å². The van der Waals surface area contributed by atoms with Gasteiger partial charge in [0.05, 0.1) is 0 Å². The molecule has 3 amide bonds. The summed E-state index contributed by atoms with van der Waals surface area (Å²) in [7, 11) is 0. The van der Waals surface area contributed by atoms with Gasteiger partial charge in [-0.25, -0.2) is 4.79 Å². The summed E-state index contributed by atoms with van der Waals surface area (Å²) in [5.41, 5.74) is 0. The van der Waals surface area contributed by atoms with Crippen LogP contribution in [-0.2, 0) is 24.0 Å². The fraction of sp³-hybridized carbons (Fsp3) is 0.636. The van der Waals surface area contributed by atoms with Crippen molar-refractivity contribution in [1.29, 1.82) is 0 Å². The first-order valence-electron chi connectivity index (χ1n) is 5.88. The summed E-state index contributed by atoms with van der Waals surface area (Å²) in [6.07, 6.45) is 3.10. The van der Waals surface area contributed by atoms with Gasteiger partial charge in [-0.15, -0.1) is 5.06 Å². The SMILES string of the molecule is O=CNCCCCCC(=O)ON1C(=O)CCC1=O. The molecule has 1 fully saturated rings. The quantitative estimate of drug-likeness (QED) is 0.372. The molecule has 0 aromatic carbocycles. The molecule has 1 aliphatic heterocycles. The Labute approximate surface area is 104 Å². The first-order chi connectivity index (χ1) is 8.65. The predicted molar refractivity (Wildman–Crippen MR) is 59.7 cm³/mol. The molecule has 0 aromatic rings. The molecule has 0 aliphatic carbocycles. The minimum absolute atomic E-state index is 0.101. The summed E-state index contributed by atoms with van der Waals surface area (Å²) in [6, 6.07) is 0. The highest BCUT2D eigenvalue weighted by molar-refractivity contribution is 6.01. The highest BCUT2D eigenvalue weighted by Gasteiger charge is 2.32. The zero-order chi connectivity index (χ0) is 13.4. The second kappa shape index (κ2) is 7.41. The molecule has 0 aromatic heterocycles. The summed E-state index contributed by atoms with van der Waals surface area (Å²) in [5.74, 6) is -1.52. The second-order valence-electron chi connectivity index (χ2n) is 3.93. The molecule has 0 bridgehead atoms. The van der Waals surface area contributed by atoms with E-state index < -0.39 is 17.8 Å². The molecule has 1 heterocycles. The van der Waals surface area contributed by atoms with Gasteiger partial charge in [0.1, 0.15) is 0 Å². The van der Waals surface area contributed by atoms with Gasteiger partial charge in [-0.1, -0.05) is 6.42 Å². The lowest BCUT2D eigenvalue weighted by atomic mass is 10.2. The predicted octanol–water partition coefficient (Wildman–Crippen LogP) is -0.100. The summed E-state index contributed by atoms with van der Waals surface area (Å²) in [6.45, 7) is 0.571. The minimum atomic E-state index is -0.582. The van der Waals surface area contributed by atoms with Crippen LogP contribution in [0.3, 0.4) is 0 Å². The van der Waals surface area contributed by atoms with Crippen LogP contribution in [0.5, 0.6) is 0 Å². The minimum Gasteiger partial charge on any atom is -0.359 e. The number of hydroxylamine groups is 2. The van der Waals surface area contributed by atoms with Crippen LogP contribution in [0, 0.1) is 0 Å². The maximum atomic E-state index is 11.3. The smallest absolute Gasteiger partial charge is 0.333 e. The van der Waals surface area contributed by atoms with Crippen LogP contribution in [-0.4, -0.2) is 35.8 Å². The molecular formula is C11H16N2O5. The molecule has 0 radical (unpaired) electrons. The number of rotatable bonds is 8. The van der Waals surface area contributed by atoms with E-state index in [1.165, 1.54) is 0 Å². The van der Waals surface area contributed by atoms with Gasteiger partial charge in [-0.3, -0.25) is 14.4 Å². The Kier molecular flexibility index (Phi) is 5.83. The van der Waals surface area contributed by atoms with E-state index in [4.69, 9.17) is 0 Å². The number of amides is 3. The van der Waals surface area contributed by atoms with Crippen LogP contribution < -0.4 is 5.32 Å². The highest BCUT2D eigenvalue weighted by atomic mass is 16.7. The van der Waals surface area contributed by atoms with E-state index in [9.17, 15) is 19.2 Å². The fourth-order valence-electron chi connectivity index (χ4n) is 1.54. The number of carbonyl (C=O) groups excluding carboxylic acids is 4. The molecule has 100 valence electrons. The maximum Gasteiger partial charge on any atom is 0.333 e. The van der Waals surface area contributed by atoms with Crippen molar-refractivity contribution in [3.05, 3.63) is 0 Å². The van der Waals surface area contributed by atoms with E-state index in [1.807, 2.05) is 0 Å². The Morgan fingerprint density at radius 1 is 1.22 bits per heavy atom. The third kappa shape index (κ3) is 4.52. The monoisotopic (exact) mass is 256 g/mol. The Bertz CT molecular complexity index is 326. The van der Waals surface area contributed by atoms with Crippen molar-refractivity contribution in [1.82, 2.24) is 10.4 Å². The first kappa shape index (κ1) is 14.1. The normalized spacial score (nSPS) is 14.8. The number of unbranched alkanes of at least 4 members (excludes halogenated alkanes) is 2. The standard InChI is InChI=1S/C11H16N2O5/c14-8-12-7-3-1-2-4-11(17)18-13-9(15)5-6-10(13)16/h8H,1-7H2,(H,12,14). The molecule has 0 spiro atoms. The van der Waals surface area contributed by atoms with Crippen molar-refractivity contribution >= 4 is 24.2 Å². The summed E-state index contributed by atoms with van der Waals surface area (Å²) in [4.78, 5) is 48.3. The summed E-state index contributed by atoms with van der Waals surface area (Å²) >= 11 is 0. The zero-order valence-electron chi connectivity index (χ0n) is 10.0. The number of imide groups is 1. The van der Waals surface area contributed by atoms with E-state index in [2.05, 4.69) is 10.2 Å². The fourth-order valence-corrected chi connectivity index (χ4v) is 1.54. The third-order valence-corrected chi connectivity index (χ3v) is 2.48. The molecule has 7 heteroatoms. The van der Waals surface area contributed by atoms with Gasteiger partial charge in [-0.2, -0.15) is 0 Å².